The van der Waals surface area contributed by atoms with Crippen LogP contribution in [-0.2, 0) is 4.79 Å². The van der Waals surface area contributed by atoms with Crippen LogP contribution in [0.3, 0.4) is 0 Å². The minimum Gasteiger partial charge on any atom is -0.354 e. The van der Waals surface area contributed by atoms with Crippen LogP contribution >= 0.6 is 0 Å². The lowest BCUT2D eigenvalue weighted by molar-refractivity contribution is -0.124. The molecule has 2 unspecified atom stereocenters. The molecule has 0 aromatic rings. The Hall–Kier alpha value is -0.570. The summed E-state index contributed by atoms with van der Waals surface area (Å²) in [4.78, 5) is 11.8. The highest BCUT2D eigenvalue weighted by Gasteiger charge is 2.24. The van der Waals surface area contributed by atoms with Crippen molar-refractivity contribution in [3.63, 3.8) is 0 Å². The Bertz CT molecular complexity index is 236. The van der Waals surface area contributed by atoms with Gasteiger partial charge in [-0.05, 0) is 32.6 Å². The third-order valence-corrected chi connectivity index (χ3v) is 3.96. The summed E-state index contributed by atoms with van der Waals surface area (Å²) in [7, 11) is 0. The Morgan fingerprint density at radius 1 is 1.19 bits per heavy atom. The topological polar surface area (TPSA) is 41.1 Å². The SMILES string of the molecule is CC1CCCC(CNC(=O)C2CCCC2)N1. The van der Waals surface area contributed by atoms with Gasteiger partial charge >= 0.3 is 0 Å². The third kappa shape index (κ3) is 3.21. The molecule has 2 N–H and O–H groups in total. The number of nitrogens with one attached hydrogen (secondary N) is 2. The first-order chi connectivity index (χ1) is 7.75. The van der Waals surface area contributed by atoms with Crippen molar-refractivity contribution in [1.82, 2.24) is 10.6 Å². The molecule has 3 heteroatoms. The van der Waals surface area contributed by atoms with Crippen LogP contribution < -0.4 is 10.6 Å². The van der Waals surface area contributed by atoms with E-state index in [1.165, 1.54) is 32.1 Å². The van der Waals surface area contributed by atoms with Crippen LogP contribution in [-0.4, -0.2) is 24.5 Å². The Balaban J connectivity index is 1.67. The zero-order chi connectivity index (χ0) is 11.4. The molecule has 2 aliphatic rings. The second kappa shape index (κ2) is 5.67. The van der Waals surface area contributed by atoms with Gasteiger partial charge in [0.25, 0.3) is 0 Å². The fourth-order valence-electron chi connectivity index (χ4n) is 2.96. The molecule has 1 aliphatic heterocycles. The molecule has 16 heavy (non-hydrogen) atoms. The van der Waals surface area contributed by atoms with Crippen molar-refractivity contribution in [1.29, 1.82) is 0 Å². The van der Waals surface area contributed by atoms with E-state index in [0.717, 1.165) is 19.4 Å². The third-order valence-electron chi connectivity index (χ3n) is 3.96. The maximum absolute atomic E-state index is 11.8. The predicted octanol–water partition coefficient (Wildman–Crippen LogP) is 1.82. The quantitative estimate of drug-likeness (QED) is 0.768. The van der Waals surface area contributed by atoms with Crippen LogP contribution in [0.5, 0.6) is 0 Å². The van der Waals surface area contributed by atoms with Gasteiger partial charge in [0.05, 0.1) is 0 Å². The maximum atomic E-state index is 11.8. The number of carbonyl (C=O) groups excluding carboxylic acids is 1. The van der Waals surface area contributed by atoms with Crippen LogP contribution in [0.2, 0.25) is 0 Å². The first kappa shape index (κ1) is 11.9. The highest BCUT2D eigenvalue weighted by molar-refractivity contribution is 5.78. The summed E-state index contributed by atoms with van der Waals surface area (Å²) in [5.41, 5.74) is 0. The lowest BCUT2D eigenvalue weighted by Crippen LogP contribution is -2.48. The Morgan fingerprint density at radius 2 is 1.94 bits per heavy atom. The standard InChI is InChI=1S/C13H24N2O/c1-10-5-4-8-12(15-10)9-14-13(16)11-6-2-3-7-11/h10-12,15H,2-9H2,1H3,(H,14,16). The van der Waals surface area contributed by atoms with Gasteiger partial charge in [0.15, 0.2) is 0 Å². The average molecular weight is 224 g/mol. The number of piperidine rings is 1. The van der Waals surface area contributed by atoms with Crippen LogP contribution in [0.15, 0.2) is 0 Å². The average Bonchev–Trinajstić information content (AvgIpc) is 2.79. The molecule has 1 aliphatic carbocycles. The predicted molar refractivity (Wildman–Crippen MR) is 65.2 cm³/mol. The largest absolute Gasteiger partial charge is 0.354 e. The Labute approximate surface area is 98.4 Å². The molecule has 1 heterocycles. The number of rotatable bonds is 3. The fourth-order valence-corrected chi connectivity index (χ4v) is 2.96. The lowest BCUT2D eigenvalue weighted by Gasteiger charge is -2.29. The first-order valence-corrected chi connectivity index (χ1v) is 6.79. The zero-order valence-corrected chi connectivity index (χ0v) is 10.3. The van der Waals surface area contributed by atoms with E-state index in [2.05, 4.69) is 17.6 Å². The number of hydrogen-bond acceptors (Lipinski definition) is 2. The minimum atomic E-state index is 0.289. The van der Waals surface area contributed by atoms with Crippen molar-refractivity contribution >= 4 is 5.91 Å². The van der Waals surface area contributed by atoms with E-state index >= 15 is 0 Å². The monoisotopic (exact) mass is 224 g/mol. The molecule has 2 fully saturated rings. The number of hydrogen-bond donors (Lipinski definition) is 2. The van der Waals surface area contributed by atoms with E-state index in [1.54, 1.807) is 0 Å². The molecule has 3 nitrogen and oxygen atoms in total. The molecule has 2 atom stereocenters. The van der Waals surface area contributed by atoms with E-state index in [4.69, 9.17) is 0 Å². The minimum absolute atomic E-state index is 0.289. The van der Waals surface area contributed by atoms with Crippen molar-refractivity contribution in [2.24, 2.45) is 5.92 Å². The summed E-state index contributed by atoms with van der Waals surface area (Å²) in [6, 6.07) is 1.11. The molecule has 0 aromatic carbocycles. The first-order valence-electron chi connectivity index (χ1n) is 6.79. The van der Waals surface area contributed by atoms with Gasteiger partial charge in [-0.3, -0.25) is 4.79 Å². The summed E-state index contributed by atoms with van der Waals surface area (Å²) in [6.45, 7) is 3.05. The summed E-state index contributed by atoms with van der Waals surface area (Å²) in [5.74, 6) is 0.596. The van der Waals surface area contributed by atoms with Gasteiger partial charge in [0.2, 0.25) is 5.91 Å². The second-order valence-electron chi connectivity index (χ2n) is 5.42. The van der Waals surface area contributed by atoms with Gasteiger partial charge in [0, 0.05) is 24.5 Å². The van der Waals surface area contributed by atoms with Gasteiger partial charge in [-0.25, -0.2) is 0 Å². The maximum Gasteiger partial charge on any atom is 0.223 e. The van der Waals surface area contributed by atoms with E-state index in [1.807, 2.05) is 0 Å². The van der Waals surface area contributed by atoms with Crippen LogP contribution in [0.1, 0.15) is 51.9 Å². The lowest BCUT2D eigenvalue weighted by atomic mass is 9.99. The van der Waals surface area contributed by atoms with E-state index < -0.39 is 0 Å². The number of carbonyl (C=O) groups is 1. The molecule has 92 valence electrons. The molecule has 0 spiro atoms. The molecule has 1 amide bonds. The van der Waals surface area contributed by atoms with Crippen molar-refractivity contribution in [2.45, 2.75) is 64.0 Å². The van der Waals surface area contributed by atoms with Crippen molar-refractivity contribution in [2.75, 3.05) is 6.54 Å². The normalized spacial score (nSPS) is 31.6. The van der Waals surface area contributed by atoms with Crippen molar-refractivity contribution < 1.29 is 4.79 Å². The van der Waals surface area contributed by atoms with Gasteiger partial charge in [-0.15, -0.1) is 0 Å². The van der Waals surface area contributed by atoms with E-state index in [-0.39, 0.29) is 5.91 Å². The molecule has 0 radical (unpaired) electrons. The van der Waals surface area contributed by atoms with Gasteiger partial charge in [-0.2, -0.15) is 0 Å². The van der Waals surface area contributed by atoms with Gasteiger partial charge < -0.3 is 10.6 Å². The van der Waals surface area contributed by atoms with Crippen LogP contribution in [0, 0.1) is 5.92 Å². The molecule has 2 rings (SSSR count). The molecule has 0 aromatic heterocycles. The highest BCUT2D eigenvalue weighted by atomic mass is 16.1. The highest BCUT2D eigenvalue weighted by Crippen LogP contribution is 2.24. The smallest absolute Gasteiger partial charge is 0.223 e. The summed E-state index contributed by atoms with van der Waals surface area (Å²) in [5, 5.41) is 6.66. The van der Waals surface area contributed by atoms with Crippen molar-refractivity contribution in [3.05, 3.63) is 0 Å². The fraction of sp³-hybridized carbons (Fsp3) is 0.923. The summed E-state index contributed by atoms with van der Waals surface area (Å²) >= 11 is 0. The molecular formula is C13H24N2O. The molecule has 1 saturated carbocycles. The second-order valence-corrected chi connectivity index (χ2v) is 5.42. The zero-order valence-electron chi connectivity index (χ0n) is 10.3. The van der Waals surface area contributed by atoms with Gasteiger partial charge in [-0.1, -0.05) is 19.3 Å². The molecule has 0 bridgehead atoms. The molecule has 1 saturated heterocycles. The summed E-state index contributed by atoms with van der Waals surface area (Å²) in [6.07, 6.45) is 8.43. The van der Waals surface area contributed by atoms with Crippen LogP contribution in [0.25, 0.3) is 0 Å². The van der Waals surface area contributed by atoms with Gasteiger partial charge in [0.1, 0.15) is 0 Å². The Morgan fingerprint density at radius 3 is 2.62 bits per heavy atom. The molecular weight excluding hydrogens is 200 g/mol. The van der Waals surface area contributed by atoms with Crippen molar-refractivity contribution in [3.8, 4) is 0 Å². The number of amides is 1. The Kier molecular flexibility index (Phi) is 4.22. The summed E-state index contributed by atoms with van der Waals surface area (Å²) < 4.78 is 0. The van der Waals surface area contributed by atoms with Crippen LogP contribution in [0.4, 0.5) is 0 Å². The van der Waals surface area contributed by atoms with E-state index in [0.29, 0.717) is 18.0 Å². The van der Waals surface area contributed by atoms with E-state index in [9.17, 15) is 4.79 Å².